The molecular weight excluding hydrogens is 200 g/mol. The van der Waals surface area contributed by atoms with E-state index in [9.17, 15) is 0 Å². The van der Waals surface area contributed by atoms with E-state index in [1.807, 2.05) is 18.0 Å². The van der Waals surface area contributed by atoms with Crippen LogP contribution in [-0.2, 0) is 0 Å². The molecule has 0 fully saturated rings. The van der Waals surface area contributed by atoms with Crippen molar-refractivity contribution in [1.29, 1.82) is 5.26 Å². The Kier molecular flexibility index (Phi) is 3.83. The molecule has 16 heavy (non-hydrogen) atoms. The molecule has 0 saturated heterocycles. The molecule has 1 aromatic heterocycles. The highest BCUT2D eigenvalue weighted by atomic mass is 15.2. The van der Waals surface area contributed by atoms with E-state index in [4.69, 9.17) is 5.26 Å². The van der Waals surface area contributed by atoms with E-state index in [0.717, 1.165) is 18.8 Å². The zero-order valence-corrected chi connectivity index (χ0v) is 10.4. The summed E-state index contributed by atoms with van der Waals surface area (Å²) in [5.74, 6) is 0.802. The van der Waals surface area contributed by atoms with Gasteiger partial charge in [-0.25, -0.2) is 9.97 Å². The predicted octanol–water partition coefficient (Wildman–Crippen LogP) is 2.22. The third kappa shape index (κ3) is 3.85. The number of anilines is 1. The number of rotatable bonds is 3. The van der Waals surface area contributed by atoms with Gasteiger partial charge in [0.1, 0.15) is 23.9 Å². The first-order valence-electron chi connectivity index (χ1n) is 5.36. The van der Waals surface area contributed by atoms with Crippen molar-refractivity contribution in [1.82, 2.24) is 9.97 Å². The Morgan fingerprint density at radius 1 is 1.38 bits per heavy atom. The predicted molar refractivity (Wildman–Crippen MR) is 64.1 cm³/mol. The Bertz CT molecular complexity index is 387. The molecular formula is C12H18N4. The van der Waals surface area contributed by atoms with Crippen LogP contribution in [0.2, 0.25) is 0 Å². The second-order valence-corrected chi connectivity index (χ2v) is 5.11. The zero-order valence-electron chi connectivity index (χ0n) is 10.4. The quantitative estimate of drug-likeness (QED) is 0.780. The largest absolute Gasteiger partial charge is 0.360 e. The average Bonchev–Trinajstić information content (AvgIpc) is 2.25. The van der Waals surface area contributed by atoms with Crippen LogP contribution in [0.1, 0.15) is 32.9 Å². The van der Waals surface area contributed by atoms with Crippen LogP contribution in [0.25, 0.3) is 0 Å². The van der Waals surface area contributed by atoms with Crippen LogP contribution in [0.5, 0.6) is 0 Å². The highest BCUT2D eigenvalue weighted by Crippen LogP contribution is 2.20. The fourth-order valence-electron chi connectivity index (χ4n) is 1.23. The summed E-state index contributed by atoms with van der Waals surface area (Å²) in [5, 5.41) is 8.74. The van der Waals surface area contributed by atoms with Crippen molar-refractivity contribution in [3.05, 3.63) is 18.1 Å². The zero-order chi connectivity index (χ0) is 12.2. The van der Waals surface area contributed by atoms with Gasteiger partial charge in [-0.15, -0.1) is 0 Å². The van der Waals surface area contributed by atoms with Crippen molar-refractivity contribution in [2.75, 3.05) is 18.5 Å². The fraction of sp³-hybridized carbons (Fsp3) is 0.583. The van der Waals surface area contributed by atoms with Crippen molar-refractivity contribution in [3.63, 3.8) is 0 Å². The molecule has 0 radical (unpaired) electrons. The van der Waals surface area contributed by atoms with E-state index in [-0.39, 0.29) is 0 Å². The fourth-order valence-corrected chi connectivity index (χ4v) is 1.23. The van der Waals surface area contributed by atoms with Crippen molar-refractivity contribution in [2.24, 2.45) is 5.41 Å². The van der Waals surface area contributed by atoms with Gasteiger partial charge in [0, 0.05) is 19.7 Å². The second-order valence-electron chi connectivity index (χ2n) is 5.11. The first-order chi connectivity index (χ1) is 7.42. The molecule has 0 unspecified atom stereocenters. The summed E-state index contributed by atoms with van der Waals surface area (Å²) in [6.07, 6.45) is 2.51. The van der Waals surface area contributed by atoms with Crippen LogP contribution < -0.4 is 4.90 Å². The van der Waals surface area contributed by atoms with Gasteiger partial charge in [-0.2, -0.15) is 5.26 Å². The van der Waals surface area contributed by atoms with Gasteiger partial charge in [0.25, 0.3) is 0 Å². The minimum Gasteiger partial charge on any atom is -0.360 e. The molecule has 0 bridgehead atoms. The minimum absolute atomic E-state index is 0.305. The van der Waals surface area contributed by atoms with Gasteiger partial charge < -0.3 is 4.90 Å². The highest BCUT2D eigenvalue weighted by molar-refractivity contribution is 5.40. The highest BCUT2D eigenvalue weighted by Gasteiger charge is 2.12. The Morgan fingerprint density at radius 3 is 2.62 bits per heavy atom. The number of hydrogen-bond acceptors (Lipinski definition) is 4. The lowest BCUT2D eigenvalue weighted by atomic mass is 9.92. The monoisotopic (exact) mass is 218 g/mol. The normalized spacial score (nSPS) is 10.9. The van der Waals surface area contributed by atoms with Crippen molar-refractivity contribution in [3.8, 4) is 6.07 Å². The molecule has 0 aromatic carbocycles. The van der Waals surface area contributed by atoms with Crippen LogP contribution in [-0.4, -0.2) is 23.6 Å². The molecule has 0 N–H and O–H groups in total. The van der Waals surface area contributed by atoms with Gasteiger partial charge in [0.15, 0.2) is 0 Å². The van der Waals surface area contributed by atoms with E-state index < -0.39 is 0 Å². The van der Waals surface area contributed by atoms with Crippen LogP contribution >= 0.6 is 0 Å². The van der Waals surface area contributed by atoms with Gasteiger partial charge in [0.2, 0.25) is 0 Å². The lowest BCUT2D eigenvalue weighted by Gasteiger charge is -2.24. The Morgan fingerprint density at radius 2 is 2.06 bits per heavy atom. The number of nitrogens with zero attached hydrogens (tertiary/aromatic N) is 4. The summed E-state index contributed by atoms with van der Waals surface area (Å²) in [6.45, 7) is 7.55. The molecule has 1 rings (SSSR count). The maximum atomic E-state index is 8.74. The summed E-state index contributed by atoms with van der Waals surface area (Å²) >= 11 is 0. The molecule has 0 atom stereocenters. The minimum atomic E-state index is 0.305. The third-order valence-electron chi connectivity index (χ3n) is 2.36. The molecule has 0 amide bonds. The Labute approximate surface area is 96.9 Å². The van der Waals surface area contributed by atoms with E-state index in [0.29, 0.717) is 11.1 Å². The summed E-state index contributed by atoms with van der Waals surface area (Å²) < 4.78 is 0. The first kappa shape index (κ1) is 12.4. The second kappa shape index (κ2) is 4.93. The maximum absolute atomic E-state index is 8.74. The van der Waals surface area contributed by atoms with Crippen molar-refractivity contribution in [2.45, 2.75) is 27.2 Å². The summed E-state index contributed by atoms with van der Waals surface area (Å²) in [4.78, 5) is 10.1. The van der Waals surface area contributed by atoms with E-state index in [2.05, 4.69) is 30.7 Å². The molecule has 0 aliphatic heterocycles. The Hall–Kier alpha value is -1.63. The Balaban J connectivity index is 2.66. The van der Waals surface area contributed by atoms with Gasteiger partial charge in [-0.3, -0.25) is 0 Å². The molecule has 4 heteroatoms. The molecule has 86 valence electrons. The molecule has 1 heterocycles. The lowest BCUT2D eigenvalue weighted by molar-refractivity contribution is 0.381. The number of aromatic nitrogens is 2. The van der Waals surface area contributed by atoms with Crippen LogP contribution in [0, 0.1) is 16.7 Å². The number of nitriles is 1. The smallest absolute Gasteiger partial charge is 0.145 e. The van der Waals surface area contributed by atoms with Crippen LogP contribution in [0.15, 0.2) is 12.4 Å². The van der Waals surface area contributed by atoms with Crippen LogP contribution in [0.4, 0.5) is 5.82 Å². The number of hydrogen-bond donors (Lipinski definition) is 0. The summed E-state index contributed by atoms with van der Waals surface area (Å²) in [7, 11) is 1.98. The molecule has 4 nitrogen and oxygen atoms in total. The molecule has 0 aliphatic rings. The topological polar surface area (TPSA) is 52.8 Å². The van der Waals surface area contributed by atoms with E-state index in [1.165, 1.54) is 6.33 Å². The molecule has 1 aromatic rings. The standard InChI is InChI=1S/C12H18N4/c1-12(2,3)5-6-16(4)11-7-10(8-13)14-9-15-11/h7,9H,5-6H2,1-4H3. The van der Waals surface area contributed by atoms with Gasteiger partial charge in [-0.1, -0.05) is 20.8 Å². The molecule has 0 saturated carbocycles. The van der Waals surface area contributed by atoms with Crippen molar-refractivity contribution >= 4 is 5.82 Å². The van der Waals surface area contributed by atoms with Crippen LogP contribution in [0.3, 0.4) is 0 Å². The summed E-state index contributed by atoms with van der Waals surface area (Å²) in [5.41, 5.74) is 0.715. The maximum Gasteiger partial charge on any atom is 0.145 e. The SMILES string of the molecule is CN(CCC(C)(C)C)c1cc(C#N)ncn1. The van der Waals surface area contributed by atoms with E-state index in [1.54, 1.807) is 6.07 Å². The summed E-state index contributed by atoms with van der Waals surface area (Å²) in [6, 6.07) is 3.73. The third-order valence-corrected chi connectivity index (χ3v) is 2.36. The lowest BCUT2D eigenvalue weighted by Crippen LogP contribution is -2.24. The average molecular weight is 218 g/mol. The van der Waals surface area contributed by atoms with Crippen molar-refractivity contribution < 1.29 is 0 Å². The van der Waals surface area contributed by atoms with Gasteiger partial charge in [0.05, 0.1) is 0 Å². The van der Waals surface area contributed by atoms with Gasteiger partial charge >= 0.3 is 0 Å². The van der Waals surface area contributed by atoms with E-state index >= 15 is 0 Å². The molecule has 0 spiro atoms. The van der Waals surface area contributed by atoms with Gasteiger partial charge in [-0.05, 0) is 11.8 Å². The first-order valence-corrected chi connectivity index (χ1v) is 5.36. The molecule has 0 aliphatic carbocycles.